The number of nitrogens with zero attached hydrogens (tertiary/aromatic N) is 1. The third kappa shape index (κ3) is 4.17. The van der Waals surface area contributed by atoms with Crippen LogP contribution in [0.15, 0.2) is 0 Å². The molecule has 0 aromatic carbocycles. The number of likely N-dealkylation sites (tertiary alicyclic amines) is 1. The summed E-state index contributed by atoms with van der Waals surface area (Å²) in [5, 5.41) is 28.3. The molecule has 1 saturated carbocycles. The zero-order valence-electron chi connectivity index (χ0n) is 13.9. The van der Waals surface area contributed by atoms with Gasteiger partial charge in [0.15, 0.2) is 6.10 Å². The van der Waals surface area contributed by atoms with Crippen molar-refractivity contribution in [3.8, 4) is 0 Å². The van der Waals surface area contributed by atoms with E-state index in [2.05, 4.69) is 6.92 Å². The van der Waals surface area contributed by atoms with Gasteiger partial charge in [0.05, 0.1) is 23.5 Å². The Morgan fingerprint density at radius 1 is 1.29 bits per heavy atom. The van der Waals surface area contributed by atoms with E-state index in [0.29, 0.717) is 38.8 Å². The zero-order chi connectivity index (χ0) is 18.1. The predicted molar refractivity (Wildman–Crippen MR) is 93.0 cm³/mol. The van der Waals surface area contributed by atoms with Crippen LogP contribution in [0.1, 0.15) is 32.6 Å². The number of aliphatic hydroxyl groups is 3. The third-order valence-corrected chi connectivity index (χ3v) is 6.89. The topological polar surface area (TPSA) is 107 Å². The molecule has 2 rings (SSSR count). The first-order chi connectivity index (χ1) is 11.2. The number of hydrogen-bond donors (Lipinski definition) is 4. The zero-order valence-corrected chi connectivity index (χ0v) is 15.5. The second-order valence-electron chi connectivity index (χ2n) is 7.44. The van der Waals surface area contributed by atoms with Crippen LogP contribution in [0.2, 0.25) is 0 Å². The number of aliphatic hydroxyl groups excluding tert-OH is 3. The second-order valence-corrected chi connectivity index (χ2v) is 8.56. The van der Waals surface area contributed by atoms with E-state index in [1.807, 2.05) is 0 Å². The lowest BCUT2D eigenvalue weighted by Crippen LogP contribution is -2.57. The van der Waals surface area contributed by atoms with Crippen LogP contribution < -0.4 is 5.73 Å². The molecule has 0 radical (unpaired) electrons. The van der Waals surface area contributed by atoms with Crippen molar-refractivity contribution in [2.45, 2.75) is 61.6 Å². The summed E-state index contributed by atoms with van der Waals surface area (Å²) in [5.74, 6) is -0.561. The molecule has 0 spiro atoms. The molecule has 2 fully saturated rings. The number of hydrogen-bond acceptors (Lipinski definition) is 5. The Labute approximate surface area is 152 Å². The minimum absolute atomic E-state index is 0.113. The van der Waals surface area contributed by atoms with Crippen molar-refractivity contribution in [3.05, 3.63) is 0 Å². The molecule has 2 aliphatic rings. The molecule has 6 nitrogen and oxygen atoms in total. The predicted octanol–water partition coefficient (Wildman–Crippen LogP) is 0.281. The second kappa shape index (κ2) is 8.06. The molecular weight excluding hydrogens is 355 g/mol. The lowest BCUT2D eigenvalue weighted by molar-refractivity contribution is -0.144. The van der Waals surface area contributed by atoms with E-state index in [1.54, 1.807) is 4.90 Å². The van der Waals surface area contributed by atoms with Crippen molar-refractivity contribution in [2.24, 2.45) is 17.1 Å². The maximum atomic E-state index is 12.0. The van der Waals surface area contributed by atoms with Gasteiger partial charge in [0.2, 0.25) is 0 Å². The van der Waals surface area contributed by atoms with E-state index >= 15 is 0 Å². The van der Waals surface area contributed by atoms with E-state index in [9.17, 15) is 15.0 Å². The number of carbonyl (C=O) groups excluding carboxylic acids is 1. The lowest BCUT2D eigenvalue weighted by atomic mass is 9.66. The van der Waals surface area contributed by atoms with Crippen LogP contribution in [0.25, 0.3) is 0 Å². The van der Waals surface area contributed by atoms with Gasteiger partial charge in [-0.25, -0.2) is 0 Å². The molecule has 1 heterocycles. The molecule has 0 aromatic heterocycles. The third-order valence-electron chi connectivity index (χ3n) is 5.79. The Morgan fingerprint density at radius 3 is 2.38 bits per heavy atom. The minimum atomic E-state index is -1.36. The number of alkyl halides is 2. The summed E-state index contributed by atoms with van der Waals surface area (Å²) in [7, 11) is 0. The SMILES string of the molecule is CC1(C(N)C2CC(Cl)C(Cl)CC2O)CCN(C(=O)[C@H](O)CO)CC1. The van der Waals surface area contributed by atoms with Gasteiger partial charge >= 0.3 is 0 Å². The van der Waals surface area contributed by atoms with Crippen molar-refractivity contribution in [3.63, 3.8) is 0 Å². The summed E-state index contributed by atoms with van der Waals surface area (Å²) in [6, 6.07) is -0.238. The largest absolute Gasteiger partial charge is 0.393 e. The maximum Gasteiger partial charge on any atom is 0.253 e. The Morgan fingerprint density at radius 2 is 1.83 bits per heavy atom. The highest BCUT2D eigenvalue weighted by atomic mass is 35.5. The molecule has 1 aliphatic heterocycles. The molecular formula is C16H28Cl2N2O4. The molecule has 0 bridgehead atoms. The van der Waals surface area contributed by atoms with E-state index < -0.39 is 24.7 Å². The van der Waals surface area contributed by atoms with E-state index in [0.717, 1.165) is 0 Å². The molecule has 8 heteroatoms. The number of amides is 1. The highest BCUT2D eigenvalue weighted by molar-refractivity contribution is 6.30. The van der Waals surface area contributed by atoms with E-state index in [1.165, 1.54) is 0 Å². The number of rotatable bonds is 4. The molecule has 1 aliphatic carbocycles. The van der Waals surface area contributed by atoms with Gasteiger partial charge in [-0.1, -0.05) is 6.92 Å². The normalized spacial score (nSPS) is 36.2. The van der Waals surface area contributed by atoms with E-state index in [-0.39, 0.29) is 28.1 Å². The number of carbonyl (C=O) groups is 1. The summed E-state index contributed by atoms with van der Waals surface area (Å²) in [4.78, 5) is 13.5. The van der Waals surface area contributed by atoms with Gasteiger partial charge in [0.25, 0.3) is 5.91 Å². The van der Waals surface area contributed by atoms with Crippen molar-refractivity contribution < 1.29 is 20.1 Å². The highest BCUT2D eigenvalue weighted by Gasteiger charge is 2.46. The first-order valence-corrected chi connectivity index (χ1v) is 9.36. The van der Waals surface area contributed by atoms with Crippen LogP contribution in [0.4, 0.5) is 0 Å². The molecule has 24 heavy (non-hydrogen) atoms. The first kappa shape index (κ1) is 20.2. The molecule has 6 atom stereocenters. The van der Waals surface area contributed by atoms with Crippen LogP contribution in [0, 0.1) is 11.3 Å². The summed E-state index contributed by atoms with van der Waals surface area (Å²) < 4.78 is 0. The van der Waals surface area contributed by atoms with Gasteiger partial charge < -0.3 is 26.0 Å². The fraction of sp³-hybridized carbons (Fsp3) is 0.938. The van der Waals surface area contributed by atoms with Crippen LogP contribution in [-0.4, -0.2) is 74.8 Å². The average molecular weight is 383 g/mol. The number of piperidine rings is 1. The van der Waals surface area contributed by atoms with Gasteiger partial charge in [-0.2, -0.15) is 0 Å². The van der Waals surface area contributed by atoms with Gasteiger partial charge in [-0.05, 0) is 31.1 Å². The van der Waals surface area contributed by atoms with Crippen molar-refractivity contribution in [1.82, 2.24) is 4.90 Å². The Hall–Kier alpha value is -0.110. The lowest BCUT2D eigenvalue weighted by Gasteiger charge is -2.48. The van der Waals surface area contributed by atoms with Gasteiger partial charge in [-0.15, -0.1) is 23.2 Å². The average Bonchev–Trinajstić information content (AvgIpc) is 2.56. The summed E-state index contributed by atoms with van der Waals surface area (Å²) in [5.41, 5.74) is 6.29. The molecule has 5 unspecified atom stereocenters. The van der Waals surface area contributed by atoms with Crippen LogP contribution in [-0.2, 0) is 4.79 Å². The molecule has 1 amide bonds. The number of halogens is 2. The monoisotopic (exact) mass is 382 g/mol. The van der Waals surface area contributed by atoms with E-state index in [4.69, 9.17) is 34.0 Å². The summed E-state index contributed by atoms with van der Waals surface area (Å²) in [6.45, 7) is 2.46. The van der Waals surface area contributed by atoms with Crippen LogP contribution in [0.3, 0.4) is 0 Å². The van der Waals surface area contributed by atoms with Gasteiger partial charge in [0.1, 0.15) is 0 Å². The highest BCUT2D eigenvalue weighted by Crippen LogP contribution is 2.42. The molecule has 5 N–H and O–H groups in total. The van der Waals surface area contributed by atoms with Crippen molar-refractivity contribution in [1.29, 1.82) is 0 Å². The quantitative estimate of drug-likeness (QED) is 0.522. The minimum Gasteiger partial charge on any atom is -0.393 e. The number of nitrogens with two attached hydrogens (primary N) is 1. The first-order valence-electron chi connectivity index (χ1n) is 8.49. The van der Waals surface area contributed by atoms with Crippen LogP contribution >= 0.6 is 23.2 Å². The van der Waals surface area contributed by atoms with Gasteiger partial charge in [-0.3, -0.25) is 4.79 Å². The Balaban J connectivity index is 1.98. The fourth-order valence-electron chi connectivity index (χ4n) is 3.88. The summed E-state index contributed by atoms with van der Waals surface area (Å²) >= 11 is 12.4. The molecule has 140 valence electrons. The van der Waals surface area contributed by atoms with Gasteiger partial charge in [0, 0.05) is 25.0 Å². The van der Waals surface area contributed by atoms with Crippen LogP contribution in [0.5, 0.6) is 0 Å². The molecule has 0 aromatic rings. The smallest absolute Gasteiger partial charge is 0.253 e. The van der Waals surface area contributed by atoms with Crippen molar-refractivity contribution >= 4 is 29.1 Å². The maximum absolute atomic E-state index is 12.0. The summed E-state index contributed by atoms with van der Waals surface area (Å²) in [6.07, 6.45) is 0.458. The Kier molecular flexibility index (Phi) is 6.79. The standard InChI is InChI=1S/C16H28Cl2N2O4/c1-16(2-4-20(5-3-16)15(24)13(23)8-21)14(19)9-6-10(17)11(18)7-12(9)22/h9-14,21-23H,2-8,19H2,1H3/t9?,10?,11?,12?,13-,14?/m1/s1. The van der Waals surface area contributed by atoms with Crippen molar-refractivity contribution in [2.75, 3.05) is 19.7 Å². The fourth-order valence-corrected chi connectivity index (χ4v) is 4.47. The molecule has 1 saturated heterocycles. The Bertz CT molecular complexity index is 446.